The lowest BCUT2D eigenvalue weighted by molar-refractivity contribution is 0.411. The molecular weight excluding hydrogens is 490 g/mol. The highest BCUT2D eigenvalue weighted by atomic mass is 79.9. The van der Waals surface area contributed by atoms with Gasteiger partial charge in [-0.1, -0.05) is 0 Å². The standard InChI is InChI=1S/C16H14BrN3O5S3/c1-25-15-7-6-13(10-14(15)17)28(23,24)19-11-2-4-12(5-3-11)27(21,22)20-16-18-8-9-26-16/h2-10,19H,1H3,(H,18,20). The van der Waals surface area contributed by atoms with E-state index in [-0.39, 0.29) is 20.6 Å². The molecule has 0 amide bonds. The van der Waals surface area contributed by atoms with Gasteiger partial charge < -0.3 is 4.74 Å². The Labute approximate surface area is 174 Å². The van der Waals surface area contributed by atoms with E-state index in [1.807, 2.05) is 0 Å². The van der Waals surface area contributed by atoms with E-state index < -0.39 is 20.0 Å². The van der Waals surface area contributed by atoms with Crippen molar-refractivity contribution in [3.63, 3.8) is 0 Å². The van der Waals surface area contributed by atoms with Gasteiger partial charge in [-0.25, -0.2) is 21.8 Å². The molecule has 0 saturated carbocycles. The summed E-state index contributed by atoms with van der Waals surface area (Å²) >= 11 is 4.40. The van der Waals surface area contributed by atoms with Crippen molar-refractivity contribution >= 4 is 58.1 Å². The second-order valence-electron chi connectivity index (χ2n) is 5.37. The Hall–Kier alpha value is -2.15. The molecule has 0 aliphatic rings. The van der Waals surface area contributed by atoms with Crippen LogP contribution in [0.5, 0.6) is 5.75 Å². The summed E-state index contributed by atoms with van der Waals surface area (Å²) < 4.78 is 60.0. The van der Waals surface area contributed by atoms with E-state index in [9.17, 15) is 16.8 Å². The number of anilines is 2. The summed E-state index contributed by atoms with van der Waals surface area (Å²) in [6, 6.07) is 9.69. The van der Waals surface area contributed by atoms with Crippen LogP contribution in [0.15, 0.2) is 68.3 Å². The number of thiazole rings is 1. The van der Waals surface area contributed by atoms with Crippen molar-refractivity contribution in [2.45, 2.75) is 9.79 Å². The van der Waals surface area contributed by atoms with Crippen molar-refractivity contribution in [1.29, 1.82) is 0 Å². The van der Waals surface area contributed by atoms with Crippen molar-refractivity contribution in [2.24, 2.45) is 0 Å². The van der Waals surface area contributed by atoms with Gasteiger partial charge in [0.25, 0.3) is 20.0 Å². The molecule has 2 aromatic carbocycles. The van der Waals surface area contributed by atoms with E-state index >= 15 is 0 Å². The van der Waals surface area contributed by atoms with Crippen LogP contribution in [-0.4, -0.2) is 28.9 Å². The van der Waals surface area contributed by atoms with Gasteiger partial charge in [-0.2, -0.15) is 0 Å². The van der Waals surface area contributed by atoms with E-state index in [1.165, 1.54) is 55.8 Å². The fourth-order valence-corrected chi connectivity index (χ4v) is 5.74. The third kappa shape index (κ3) is 4.63. The van der Waals surface area contributed by atoms with Crippen molar-refractivity contribution < 1.29 is 21.6 Å². The molecule has 8 nitrogen and oxygen atoms in total. The van der Waals surface area contributed by atoms with Gasteiger partial charge in [0.1, 0.15) is 5.75 Å². The number of nitrogens with one attached hydrogen (secondary N) is 2. The number of halogens is 1. The average molecular weight is 504 g/mol. The number of methoxy groups -OCH3 is 1. The fourth-order valence-electron chi connectivity index (χ4n) is 2.18. The minimum absolute atomic E-state index is 0.0159. The first-order chi connectivity index (χ1) is 13.2. The van der Waals surface area contributed by atoms with Crippen LogP contribution in [0, 0.1) is 0 Å². The summed E-state index contributed by atoms with van der Waals surface area (Å²) in [4.78, 5) is 3.88. The molecular formula is C16H14BrN3O5S3. The molecule has 0 spiro atoms. The van der Waals surface area contributed by atoms with Gasteiger partial charge in [-0.05, 0) is 58.4 Å². The molecule has 0 aliphatic carbocycles. The van der Waals surface area contributed by atoms with Gasteiger partial charge >= 0.3 is 0 Å². The first kappa shape index (κ1) is 20.6. The summed E-state index contributed by atoms with van der Waals surface area (Å²) in [6.45, 7) is 0. The van der Waals surface area contributed by atoms with E-state index in [2.05, 4.69) is 30.4 Å². The average Bonchev–Trinajstić information content (AvgIpc) is 3.14. The third-order valence-electron chi connectivity index (χ3n) is 3.50. The molecule has 1 heterocycles. The number of rotatable bonds is 7. The minimum atomic E-state index is -3.86. The number of benzene rings is 2. The summed E-state index contributed by atoms with van der Waals surface area (Å²) in [5.74, 6) is 0.501. The second kappa shape index (κ2) is 8.07. The zero-order valence-electron chi connectivity index (χ0n) is 14.3. The topological polar surface area (TPSA) is 114 Å². The first-order valence-electron chi connectivity index (χ1n) is 7.60. The van der Waals surface area contributed by atoms with Gasteiger partial charge in [0, 0.05) is 17.3 Å². The zero-order chi connectivity index (χ0) is 20.4. The summed E-state index contributed by atoms with van der Waals surface area (Å²) in [5.41, 5.74) is 0.222. The molecule has 0 atom stereocenters. The minimum Gasteiger partial charge on any atom is -0.496 e. The highest BCUT2D eigenvalue weighted by Gasteiger charge is 2.18. The Morgan fingerprint density at radius 2 is 1.61 bits per heavy atom. The molecule has 0 saturated heterocycles. The molecule has 12 heteroatoms. The largest absolute Gasteiger partial charge is 0.496 e. The van der Waals surface area contributed by atoms with Crippen LogP contribution < -0.4 is 14.2 Å². The van der Waals surface area contributed by atoms with Crippen LogP contribution in [0.25, 0.3) is 0 Å². The highest BCUT2D eigenvalue weighted by Crippen LogP contribution is 2.28. The zero-order valence-corrected chi connectivity index (χ0v) is 18.3. The highest BCUT2D eigenvalue weighted by molar-refractivity contribution is 9.10. The van der Waals surface area contributed by atoms with E-state index in [0.29, 0.717) is 10.2 Å². The molecule has 148 valence electrons. The molecule has 0 bridgehead atoms. The Morgan fingerprint density at radius 3 is 2.18 bits per heavy atom. The van der Waals surface area contributed by atoms with Crippen molar-refractivity contribution in [1.82, 2.24) is 4.98 Å². The second-order valence-corrected chi connectivity index (χ2v) is 10.5. The number of aromatic nitrogens is 1. The van der Waals surface area contributed by atoms with Crippen molar-refractivity contribution in [3.05, 3.63) is 58.5 Å². The number of hydrogen-bond acceptors (Lipinski definition) is 7. The predicted molar refractivity (Wildman–Crippen MR) is 111 cm³/mol. The maximum atomic E-state index is 12.5. The van der Waals surface area contributed by atoms with Gasteiger partial charge in [0.05, 0.1) is 21.4 Å². The third-order valence-corrected chi connectivity index (χ3v) is 7.68. The Balaban J connectivity index is 1.79. The van der Waals surface area contributed by atoms with E-state index in [1.54, 1.807) is 5.38 Å². The van der Waals surface area contributed by atoms with Gasteiger partial charge in [-0.15, -0.1) is 11.3 Å². The van der Waals surface area contributed by atoms with E-state index in [4.69, 9.17) is 4.74 Å². The summed E-state index contributed by atoms with van der Waals surface area (Å²) in [6.07, 6.45) is 1.48. The monoisotopic (exact) mass is 503 g/mol. The number of ether oxygens (including phenoxy) is 1. The lowest BCUT2D eigenvalue weighted by Gasteiger charge is -2.11. The van der Waals surface area contributed by atoms with Crippen LogP contribution in [0.4, 0.5) is 10.8 Å². The first-order valence-corrected chi connectivity index (χ1v) is 12.2. The molecule has 28 heavy (non-hydrogen) atoms. The maximum absolute atomic E-state index is 12.5. The number of hydrogen-bond donors (Lipinski definition) is 2. The number of nitrogens with zero attached hydrogens (tertiary/aromatic N) is 1. The van der Waals surface area contributed by atoms with Crippen molar-refractivity contribution in [2.75, 3.05) is 16.6 Å². The summed E-state index contributed by atoms with van der Waals surface area (Å²) in [5, 5.41) is 1.89. The smallest absolute Gasteiger partial charge is 0.263 e. The lowest BCUT2D eigenvalue weighted by Crippen LogP contribution is -2.14. The molecule has 1 aromatic heterocycles. The predicted octanol–water partition coefficient (Wildman–Crippen LogP) is 3.52. The van der Waals surface area contributed by atoms with Crippen molar-refractivity contribution in [3.8, 4) is 5.75 Å². The molecule has 2 N–H and O–H groups in total. The van der Waals surface area contributed by atoms with Gasteiger partial charge in [0.2, 0.25) is 0 Å². The van der Waals surface area contributed by atoms with Crippen LogP contribution in [-0.2, 0) is 20.0 Å². The lowest BCUT2D eigenvalue weighted by atomic mass is 10.3. The molecule has 0 fully saturated rings. The molecule has 0 aliphatic heterocycles. The summed E-state index contributed by atoms with van der Waals surface area (Å²) in [7, 11) is -6.19. The molecule has 3 aromatic rings. The maximum Gasteiger partial charge on any atom is 0.263 e. The Bertz CT molecular complexity index is 1180. The Morgan fingerprint density at radius 1 is 0.964 bits per heavy atom. The van der Waals surface area contributed by atoms with Crippen LogP contribution >= 0.6 is 27.3 Å². The van der Waals surface area contributed by atoms with E-state index in [0.717, 1.165) is 11.3 Å². The molecule has 3 rings (SSSR count). The number of sulfonamides is 2. The fraction of sp³-hybridized carbons (Fsp3) is 0.0625. The Kier molecular flexibility index (Phi) is 5.93. The van der Waals surface area contributed by atoms with Crippen LogP contribution in [0.3, 0.4) is 0 Å². The SMILES string of the molecule is COc1ccc(S(=O)(=O)Nc2ccc(S(=O)(=O)Nc3nccs3)cc2)cc1Br. The van der Waals surface area contributed by atoms with Crippen LogP contribution in [0.2, 0.25) is 0 Å². The molecule has 0 radical (unpaired) electrons. The van der Waals surface area contributed by atoms with Gasteiger partial charge in [-0.3, -0.25) is 9.44 Å². The van der Waals surface area contributed by atoms with Gasteiger partial charge in [0.15, 0.2) is 5.13 Å². The van der Waals surface area contributed by atoms with Crippen LogP contribution in [0.1, 0.15) is 0 Å². The normalized spacial score (nSPS) is 11.8. The quantitative estimate of drug-likeness (QED) is 0.509. The molecule has 0 unspecified atom stereocenters.